The van der Waals surface area contributed by atoms with Crippen molar-refractivity contribution in [2.45, 2.75) is 24.3 Å². The van der Waals surface area contributed by atoms with Crippen LogP contribution in [0.25, 0.3) is 0 Å². The molecule has 0 spiro atoms. The van der Waals surface area contributed by atoms with Crippen molar-refractivity contribution in [3.63, 3.8) is 0 Å². The van der Waals surface area contributed by atoms with Crippen molar-refractivity contribution in [1.82, 2.24) is 0 Å². The summed E-state index contributed by atoms with van der Waals surface area (Å²) in [5, 5.41) is 0. The molecule has 0 saturated carbocycles. The minimum absolute atomic E-state index is 0.144. The van der Waals surface area contributed by atoms with Crippen molar-refractivity contribution >= 4 is 31.0 Å². The maximum Gasteiger partial charge on any atom is 0.134 e. The van der Waals surface area contributed by atoms with E-state index in [4.69, 9.17) is 4.74 Å². The van der Waals surface area contributed by atoms with E-state index in [1.165, 1.54) is 0 Å². The Bertz CT molecular complexity index is 370. The van der Waals surface area contributed by atoms with Crippen LogP contribution in [0, 0.1) is 0 Å². The highest BCUT2D eigenvalue weighted by Gasteiger charge is 2.13. The first-order valence-electron chi connectivity index (χ1n) is 5.03. The second kappa shape index (κ2) is 5.64. The molecule has 0 aliphatic rings. The number of rotatable bonds is 5. The Labute approximate surface area is 107 Å². The summed E-state index contributed by atoms with van der Waals surface area (Å²) in [5.74, 6) is 0.887. The van der Waals surface area contributed by atoms with Crippen molar-refractivity contribution in [2.75, 3.05) is 6.61 Å². The van der Waals surface area contributed by atoms with E-state index in [0.29, 0.717) is 13.0 Å². The Hall–Kier alpha value is -0.610. The van der Waals surface area contributed by atoms with Crippen LogP contribution in [0.3, 0.4) is 0 Å². The van der Waals surface area contributed by atoms with Gasteiger partial charge >= 0.3 is 0 Å². The molecule has 0 heterocycles. The minimum atomic E-state index is -0.462. The third kappa shape index (κ3) is 5.47. The zero-order valence-corrected chi connectivity index (χ0v) is 11.2. The third-order valence-corrected chi connectivity index (χ3v) is 2.12. The van der Waals surface area contributed by atoms with Crippen molar-refractivity contribution < 1.29 is 9.53 Å². The SMILES string of the molecule is CC(=O)Cc1cccc(OCC(C)(S)S)c1. The molecule has 0 saturated heterocycles. The van der Waals surface area contributed by atoms with Crippen LogP contribution in [-0.4, -0.2) is 16.5 Å². The highest BCUT2D eigenvalue weighted by Crippen LogP contribution is 2.21. The summed E-state index contributed by atoms with van der Waals surface area (Å²) in [5.41, 5.74) is 0.963. The topological polar surface area (TPSA) is 26.3 Å². The van der Waals surface area contributed by atoms with E-state index < -0.39 is 4.08 Å². The van der Waals surface area contributed by atoms with Gasteiger partial charge in [-0.1, -0.05) is 12.1 Å². The van der Waals surface area contributed by atoms with Gasteiger partial charge in [-0.05, 0) is 31.5 Å². The van der Waals surface area contributed by atoms with Gasteiger partial charge in [0.05, 0.1) is 4.08 Å². The molecule has 0 aliphatic carbocycles. The molecular formula is C12H16O2S2. The number of carbonyl (C=O) groups is 1. The van der Waals surface area contributed by atoms with Crippen molar-refractivity contribution in [3.8, 4) is 5.75 Å². The standard InChI is InChI=1S/C12H16O2S2/c1-9(13)6-10-4-3-5-11(7-10)14-8-12(2,15)16/h3-5,7,15-16H,6,8H2,1-2H3. The van der Waals surface area contributed by atoms with Gasteiger partial charge in [-0.2, -0.15) is 25.3 Å². The van der Waals surface area contributed by atoms with E-state index in [-0.39, 0.29) is 5.78 Å². The molecule has 0 fully saturated rings. The Morgan fingerprint density at radius 3 is 2.69 bits per heavy atom. The quantitative estimate of drug-likeness (QED) is 0.626. The molecule has 0 unspecified atom stereocenters. The molecule has 0 bridgehead atoms. The molecule has 1 aromatic carbocycles. The maximum absolute atomic E-state index is 11.0. The van der Waals surface area contributed by atoms with Crippen LogP contribution >= 0.6 is 25.3 Å². The molecule has 0 radical (unpaired) electrons. The molecule has 0 aromatic heterocycles. The van der Waals surface area contributed by atoms with Crippen molar-refractivity contribution in [2.24, 2.45) is 0 Å². The first kappa shape index (κ1) is 13.5. The van der Waals surface area contributed by atoms with E-state index in [9.17, 15) is 4.79 Å². The second-order valence-electron chi connectivity index (χ2n) is 4.03. The number of Topliss-reactive ketones (excluding diaryl/α,β-unsaturated/α-hetero) is 1. The predicted molar refractivity (Wildman–Crippen MR) is 72.7 cm³/mol. The fourth-order valence-corrected chi connectivity index (χ4v) is 1.38. The second-order valence-corrected chi connectivity index (χ2v) is 6.36. The van der Waals surface area contributed by atoms with Gasteiger partial charge in [0, 0.05) is 6.42 Å². The fraction of sp³-hybridized carbons (Fsp3) is 0.417. The van der Waals surface area contributed by atoms with Crippen LogP contribution in [0.1, 0.15) is 19.4 Å². The first-order valence-corrected chi connectivity index (χ1v) is 5.92. The number of hydrogen-bond donors (Lipinski definition) is 2. The molecule has 0 aliphatic heterocycles. The average Bonchev–Trinajstić information content (AvgIpc) is 2.13. The van der Waals surface area contributed by atoms with Crippen LogP contribution < -0.4 is 4.74 Å². The summed E-state index contributed by atoms with van der Waals surface area (Å²) in [6, 6.07) is 7.52. The van der Waals surface area contributed by atoms with E-state index in [1.54, 1.807) is 6.92 Å². The molecule has 4 heteroatoms. The van der Waals surface area contributed by atoms with Crippen molar-refractivity contribution in [1.29, 1.82) is 0 Å². The lowest BCUT2D eigenvalue weighted by Crippen LogP contribution is -2.18. The lowest BCUT2D eigenvalue weighted by atomic mass is 10.1. The number of benzene rings is 1. The molecule has 1 rings (SSSR count). The normalized spacial score (nSPS) is 11.2. The highest BCUT2D eigenvalue weighted by molar-refractivity contribution is 8.00. The first-order chi connectivity index (χ1) is 7.37. The van der Waals surface area contributed by atoms with Gasteiger partial charge in [0.25, 0.3) is 0 Å². The summed E-state index contributed by atoms with van der Waals surface area (Å²) in [7, 11) is 0. The maximum atomic E-state index is 11.0. The Morgan fingerprint density at radius 2 is 2.12 bits per heavy atom. The number of ether oxygens (including phenoxy) is 1. The van der Waals surface area contributed by atoms with E-state index in [1.807, 2.05) is 31.2 Å². The number of carbonyl (C=O) groups excluding carboxylic acids is 1. The Morgan fingerprint density at radius 1 is 1.44 bits per heavy atom. The van der Waals surface area contributed by atoms with Crippen LogP contribution in [0.5, 0.6) is 5.75 Å². The number of thiol groups is 2. The largest absolute Gasteiger partial charge is 0.491 e. The number of hydrogen-bond acceptors (Lipinski definition) is 4. The fourth-order valence-electron chi connectivity index (χ4n) is 1.25. The van der Waals surface area contributed by atoms with Gasteiger partial charge in [0.1, 0.15) is 18.1 Å². The number of ketones is 1. The molecule has 0 atom stereocenters. The summed E-state index contributed by atoms with van der Waals surface area (Å²) in [6.07, 6.45) is 0.441. The van der Waals surface area contributed by atoms with Gasteiger partial charge in [-0.25, -0.2) is 0 Å². The monoisotopic (exact) mass is 256 g/mol. The summed E-state index contributed by atoms with van der Waals surface area (Å²) in [6.45, 7) is 3.84. The average molecular weight is 256 g/mol. The molecule has 0 amide bonds. The van der Waals surface area contributed by atoms with E-state index in [2.05, 4.69) is 25.3 Å². The molecule has 1 aromatic rings. The molecule has 0 N–H and O–H groups in total. The summed E-state index contributed by atoms with van der Waals surface area (Å²) in [4.78, 5) is 11.0. The summed E-state index contributed by atoms with van der Waals surface area (Å²) < 4.78 is 5.07. The Balaban J connectivity index is 2.64. The van der Waals surface area contributed by atoms with Crippen LogP contribution in [0.2, 0.25) is 0 Å². The molecule has 88 valence electrons. The molecule has 2 nitrogen and oxygen atoms in total. The van der Waals surface area contributed by atoms with Crippen LogP contribution in [0.4, 0.5) is 0 Å². The van der Waals surface area contributed by atoms with Crippen LogP contribution in [0.15, 0.2) is 24.3 Å². The third-order valence-electron chi connectivity index (χ3n) is 1.86. The predicted octanol–water partition coefficient (Wildman–Crippen LogP) is 2.77. The van der Waals surface area contributed by atoms with Gasteiger partial charge in [-0.3, -0.25) is 4.79 Å². The van der Waals surface area contributed by atoms with Gasteiger partial charge in [-0.15, -0.1) is 0 Å². The van der Waals surface area contributed by atoms with Gasteiger partial charge < -0.3 is 4.74 Å². The minimum Gasteiger partial charge on any atom is -0.491 e. The molecular weight excluding hydrogens is 240 g/mol. The highest BCUT2D eigenvalue weighted by atomic mass is 32.2. The van der Waals surface area contributed by atoms with Crippen LogP contribution in [-0.2, 0) is 11.2 Å². The van der Waals surface area contributed by atoms with Gasteiger partial charge in [0.15, 0.2) is 0 Å². The Kier molecular flexibility index (Phi) is 4.74. The van der Waals surface area contributed by atoms with E-state index >= 15 is 0 Å². The lowest BCUT2D eigenvalue weighted by molar-refractivity contribution is -0.116. The van der Waals surface area contributed by atoms with E-state index in [0.717, 1.165) is 11.3 Å². The smallest absolute Gasteiger partial charge is 0.134 e. The lowest BCUT2D eigenvalue weighted by Gasteiger charge is -2.17. The van der Waals surface area contributed by atoms with Gasteiger partial charge in [0.2, 0.25) is 0 Å². The zero-order valence-electron chi connectivity index (χ0n) is 9.43. The van der Waals surface area contributed by atoms with Crippen molar-refractivity contribution in [3.05, 3.63) is 29.8 Å². The zero-order chi connectivity index (χ0) is 12.2. The summed E-state index contributed by atoms with van der Waals surface area (Å²) >= 11 is 8.50. The molecule has 16 heavy (non-hydrogen) atoms.